The Morgan fingerprint density at radius 1 is 1.25 bits per heavy atom. The molecule has 0 aliphatic heterocycles. The zero-order chi connectivity index (χ0) is 18.3. The van der Waals surface area contributed by atoms with E-state index in [1.165, 1.54) is 14.2 Å². The third-order valence-corrected chi connectivity index (χ3v) is 3.80. The fourth-order valence-corrected chi connectivity index (χ4v) is 2.23. The number of thiocarbonyl (C=S) groups is 1. The van der Waals surface area contributed by atoms with Gasteiger partial charge in [0.25, 0.3) is 0 Å². The summed E-state index contributed by atoms with van der Waals surface area (Å²) in [5.41, 5.74) is 0.529. The van der Waals surface area contributed by atoms with Gasteiger partial charge in [-0.3, -0.25) is 4.79 Å². The van der Waals surface area contributed by atoms with Crippen molar-refractivity contribution in [3.8, 4) is 11.5 Å². The quantitative estimate of drug-likeness (QED) is 0.363. The number of carbonyl (C=O) groups excluding carboxylic acids is 1. The Morgan fingerprint density at radius 3 is 2.42 bits per heavy atom. The van der Waals surface area contributed by atoms with Gasteiger partial charge in [-0.25, -0.2) is 0 Å². The highest BCUT2D eigenvalue weighted by molar-refractivity contribution is 7.80. The number of rotatable bonds is 6. The van der Waals surface area contributed by atoms with Gasteiger partial charge in [-0.15, -0.1) is 11.6 Å². The predicted molar refractivity (Wildman–Crippen MR) is 102 cm³/mol. The Morgan fingerprint density at radius 2 is 1.92 bits per heavy atom. The smallest absolute Gasteiger partial charge is 0.236 e. The van der Waals surface area contributed by atoms with Crippen molar-refractivity contribution in [2.45, 2.75) is 9.96 Å². The van der Waals surface area contributed by atoms with Gasteiger partial charge in [0.15, 0.2) is 5.11 Å². The SMILES string of the molecule is COc1ccc(OC)c(NC(=S)N[C@@H](NC(=O)CCl)C(Cl)(Cl)Cl)c1. The van der Waals surface area contributed by atoms with E-state index in [-0.39, 0.29) is 11.0 Å². The van der Waals surface area contributed by atoms with Crippen LogP contribution in [0.3, 0.4) is 0 Å². The van der Waals surface area contributed by atoms with Crippen molar-refractivity contribution in [2.75, 3.05) is 25.4 Å². The molecule has 0 unspecified atom stereocenters. The van der Waals surface area contributed by atoms with Crippen molar-refractivity contribution in [3.63, 3.8) is 0 Å². The number of ether oxygens (including phenoxy) is 2. The lowest BCUT2D eigenvalue weighted by Crippen LogP contribution is -2.56. The molecule has 3 N–H and O–H groups in total. The van der Waals surface area contributed by atoms with Crippen LogP contribution in [0.15, 0.2) is 18.2 Å². The monoisotopic (exact) mass is 433 g/mol. The highest BCUT2D eigenvalue weighted by Gasteiger charge is 2.34. The molecule has 0 aliphatic rings. The van der Waals surface area contributed by atoms with Gasteiger partial charge in [-0.2, -0.15) is 0 Å². The number of carbonyl (C=O) groups is 1. The highest BCUT2D eigenvalue weighted by atomic mass is 35.6. The molecule has 1 atom stereocenters. The van der Waals surface area contributed by atoms with E-state index in [0.717, 1.165) is 0 Å². The summed E-state index contributed by atoms with van der Waals surface area (Å²) in [7, 11) is 3.04. The molecule has 0 heterocycles. The molecule has 0 fully saturated rings. The third-order valence-electron chi connectivity index (χ3n) is 2.68. The van der Waals surface area contributed by atoms with E-state index in [1.54, 1.807) is 18.2 Å². The highest BCUT2D eigenvalue weighted by Crippen LogP contribution is 2.30. The van der Waals surface area contributed by atoms with Gasteiger partial charge >= 0.3 is 0 Å². The first-order valence-corrected chi connectivity index (χ1v) is 8.50. The molecule has 0 saturated carbocycles. The average molecular weight is 435 g/mol. The van der Waals surface area contributed by atoms with Crippen LogP contribution in [0.4, 0.5) is 5.69 Å². The van der Waals surface area contributed by atoms with Gasteiger partial charge in [-0.1, -0.05) is 34.8 Å². The number of anilines is 1. The molecule has 0 spiro atoms. The molecule has 0 saturated heterocycles. The van der Waals surface area contributed by atoms with E-state index in [1.807, 2.05) is 0 Å². The van der Waals surface area contributed by atoms with Crippen LogP contribution in [0.5, 0.6) is 11.5 Å². The van der Waals surface area contributed by atoms with Crippen LogP contribution in [0.25, 0.3) is 0 Å². The van der Waals surface area contributed by atoms with Gasteiger partial charge in [0.05, 0.1) is 19.9 Å². The van der Waals surface area contributed by atoms with E-state index in [9.17, 15) is 4.79 Å². The summed E-state index contributed by atoms with van der Waals surface area (Å²) in [6.07, 6.45) is -1.09. The van der Waals surface area contributed by atoms with E-state index in [4.69, 9.17) is 68.1 Å². The molecule has 1 aromatic rings. The fourth-order valence-electron chi connectivity index (χ4n) is 1.60. The van der Waals surface area contributed by atoms with Crippen molar-refractivity contribution in [3.05, 3.63) is 18.2 Å². The van der Waals surface area contributed by atoms with Crippen molar-refractivity contribution < 1.29 is 14.3 Å². The average Bonchev–Trinajstić information content (AvgIpc) is 2.52. The molecule has 1 amide bonds. The van der Waals surface area contributed by atoms with Crippen LogP contribution >= 0.6 is 58.6 Å². The van der Waals surface area contributed by atoms with Gasteiger partial charge in [0, 0.05) is 6.07 Å². The summed E-state index contributed by atoms with van der Waals surface area (Å²) in [5.74, 6) is 0.301. The van der Waals surface area contributed by atoms with Gasteiger partial charge < -0.3 is 25.4 Å². The maximum absolute atomic E-state index is 11.4. The number of methoxy groups -OCH3 is 2. The van der Waals surface area contributed by atoms with Crippen LogP contribution in [0, 0.1) is 0 Å². The lowest BCUT2D eigenvalue weighted by molar-refractivity contribution is -0.119. The van der Waals surface area contributed by atoms with Crippen LogP contribution in [0.1, 0.15) is 0 Å². The van der Waals surface area contributed by atoms with Crippen LogP contribution in [-0.2, 0) is 4.79 Å². The van der Waals surface area contributed by atoms with Crippen molar-refractivity contribution >= 4 is 75.3 Å². The topological polar surface area (TPSA) is 71.6 Å². The molecule has 0 aromatic heterocycles. The predicted octanol–water partition coefficient (Wildman–Crippen LogP) is 3.04. The molecule has 0 radical (unpaired) electrons. The Kier molecular flexibility index (Phi) is 8.45. The summed E-state index contributed by atoms with van der Waals surface area (Å²) < 4.78 is 8.52. The molecule has 6 nitrogen and oxygen atoms in total. The first kappa shape index (κ1) is 21.2. The molecule has 24 heavy (non-hydrogen) atoms. The maximum Gasteiger partial charge on any atom is 0.236 e. The van der Waals surface area contributed by atoms with Crippen molar-refractivity contribution in [2.24, 2.45) is 0 Å². The number of nitrogens with one attached hydrogen (secondary N) is 3. The first-order valence-electron chi connectivity index (χ1n) is 6.42. The number of hydrogen-bond donors (Lipinski definition) is 3. The van der Waals surface area contributed by atoms with Crippen LogP contribution < -0.4 is 25.4 Å². The summed E-state index contributed by atoms with van der Waals surface area (Å²) in [5, 5.41) is 8.09. The summed E-state index contributed by atoms with van der Waals surface area (Å²) in [6.45, 7) is 0. The normalized spacial score (nSPS) is 12.1. The molecule has 1 rings (SSSR count). The van der Waals surface area contributed by atoms with E-state index >= 15 is 0 Å². The summed E-state index contributed by atoms with van der Waals surface area (Å²) >= 11 is 28.1. The standard InChI is InChI=1S/C13H15Cl4N3O3S/c1-22-7-3-4-9(23-2)8(5-7)18-12(24)20-11(13(15,16)17)19-10(21)6-14/h3-5,11H,6H2,1-2H3,(H,19,21)(H2,18,20,24)/t11-/m1/s1. The lowest BCUT2D eigenvalue weighted by atomic mass is 10.2. The first-order chi connectivity index (χ1) is 11.2. The van der Waals surface area contributed by atoms with Crippen molar-refractivity contribution in [1.29, 1.82) is 0 Å². The minimum absolute atomic E-state index is 0.0905. The number of benzene rings is 1. The fraction of sp³-hybridized carbons (Fsp3) is 0.385. The molecule has 1 aromatic carbocycles. The van der Waals surface area contributed by atoms with E-state index in [2.05, 4.69) is 16.0 Å². The van der Waals surface area contributed by atoms with Crippen LogP contribution in [-0.4, -0.2) is 41.1 Å². The molecule has 11 heteroatoms. The Bertz CT molecular complexity index is 598. The van der Waals surface area contributed by atoms with Gasteiger partial charge in [0.2, 0.25) is 9.70 Å². The number of alkyl halides is 4. The van der Waals surface area contributed by atoms with Gasteiger partial charge in [-0.05, 0) is 24.4 Å². The molecule has 134 valence electrons. The van der Waals surface area contributed by atoms with E-state index in [0.29, 0.717) is 17.2 Å². The second kappa shape index (κ2) is 9.58. The second-order valence-electron chi connectivity index (χ2n) is 4.34. The molecular formula is C13H15Cl4N3O3S. The number of hydrogen-bond acceptors (Lipinski definition) is 4. The molecular weight excluding hydrogens is 420 g/mol. The minimum atomic E-state index is -1.86. The van der Waals surface area contributed by atoms with Gasteiger partial charge in [0.1, 0.15) is 23.5 Å². The third kappa shape index (κ3) is 6.57. The number of amides is 1. The Labute approximate surface area is 165 Å². The van der Waals surface area contributed by atoms with Crippen molar-refractivity contribution in [1.82, 2.24) is 10.6 Å². The summed E-state index contributed by atoms with van der Waals surface area (Å²) in [6, 6.07) is 5.10. The Balaban J connectivity index is 2.87. The number of halogens is 4. The van der Waals surface area contributed by atoms with Crippen LogP contribution in [0.2, 0.25) is 0 Å². The maximum atomic E-state index is 11.4. The lowest BCUT2D eigenvalue weighted by Gasteiger charge is -2.27. The largest absolute Gasteiger partial charge is 0.497 e. The zero-order valence-corrected chi connectivity index (χ0v) is 16.5. The molecule has 0 bridgehead atoms. The molecule has 0 aliphatic carbocycles. The Hall–Kier alpha value is -0.860. The summed E-state index contributed by atoms with van der Waals surface area (Å²) in [4.78, 5) is 11.4. The minimum Gasteiger partial charge on any atom is -0.497 e. The second-order valence-corrected chi connectivity index (χ2v) is 7.38. The van der Waals surface area contributed by atoms with E-state index < -0.39 is 15.9 Å². The zero-order valence-electron chi connectivity index (χ0n) is 12.7.